The second-order valence-corrected chi connectivity index (χ2v) is 7.20. The normalized spacial score (nSPS) is 11.8. The summed E-state index contributed by atoms with van der Waals surface area (Å²) in [4.78, 5) is 17.3. The number of hydrogen-bond acceptors (Lipinski definition) is 3. The Kier molecular flexibility index (Phi) is 5.70. The van der Waals surface area contributed by atoms with Crippen LogP contribution < -0.4 is 5.32 Å². The number of pyridine rings is 1. The van der Waals surface area contributed by atoms with Crippen molar-refractivity contribution in [1.82, 2.24) is 20.1 Å². The lowest BCUT2D eigenvalue weighted by Crippen LogP contribution is -2.26. The highest BCUT2D eigenvalue weighted by atomic mass is 16.1. The first kappa shape index (κ1) is 19.6. The van der Waals surface area contributed by atoms with E-state index in [0.717, 1.165) is 23.2 Å². The maximum Gasteiger partial charge on any atom is 0.255 e. The van der Waals surface area contributed by atoms with E-state index in [9.17, 15) is 4.79 Å². The van der Waals surface area contributed by atoms with Gasteiger partial charge < -0.3 is 5.32 Å². The van der Waals surface area contributed by atoms with E-state index in [4.69, 9.17) is 5.10 Å². The molecule has 0 spiro atoms. The fourth-order valence-electron chi connectivity index (χ4n) is 3.37. The van der Waals surface area contributed by atoms with Crippen LogP contribution in [0.25, 0.3) is 16.9 Å². The van der Waals surface area contributed by atoms with E-state index in [2.05, 4.69) is 29.4 Å². The number of nitrogens with one attached hydrogen (secondary N) is 1. The number of hydrogen-bond donors (Lipinski definition) is 1. The molecule has 1 unspecified atom stereocenters. The van der Waals surface area contributed by atoms with Gasteiger partial charge in [0.1, 0.15) is 5.69 Å². The average Bonchev–Trinajstić information content (AvgIpc) is 3.26. The summed E-state index contributed by atoms with van der Waals surface area (Å²) in [7, 11) is 0. The molecular weight excluding hydrogens is 372 g/mol. The quantitative estimate of drug-likeness (QED) is 0.500. The number of nitrogens with zero attached hydrogens (tertiary/aromatic N) is 3. The first-order valence-electron chi connectivity index (χ1n) is 10.1. The summed E-state index contributed by atoms with van der Waals surface area (Å²) in [5.74, 6) is -0.156. The molecule has 0 bridgehead atoms. The molecule has 1 amide bonds. The Morgan fingerprint density at radius 3 is 2.37 bits per heavy atom. The van der Waals surface area contributed by atoms with Crippen LogP contribution in [0.2, 0.25) is 0 Å². The third-order valence-corrected chi connectivity index (χ3v) is 5.17. The van der Waals surface area contributed by atoms with Crippen molar-refractivity contribution < 1.29 is 4.79 Å². The third kappa shape index (κ3) is 4.15. The summed E-state index contributed by atoms with van der Waals surface area (Å²) in [6, 6.07) is 21.7. The van der Waals surface area contributed by atoms with Crippen LogP contribution >= 0.6 is 0 Å². The molecule has 30 heavy (non-hydrogen) atoms. The maximum absolute atomic E-state index is 13.2. The molecule has 0 aliphatic heterocycles. The summed E-state index contributed by atoms with van der Waals surface area (Å²) in [5.41, 5.74) is 5.29. The summed E-state index contributed by atoms with van der Waals surface area (Å²) < 4.78 is 1.76. The first-order chi connectivity index (χ1) is 14.7. The zero-order chi connectivity index (χ0) is 20.9. The lowest BCUT2D eigenvalue weighted by atomic mass is 10.0. The van der Waals surface area contributed by atoms with Crippen molar-refractivity contribution in [2.24, 2.45) is 0 Å². The molecule has 2 heterocycles. The Morgan fingerprint density at radius 1 is 1.00 bits per heavy atom. The molecule has 0 aliphatic carbocycles. The van der Waals surface area contributed by atoms with Crippen molar-refractivity contribution in [3.8, 4) is 16.9 Å². The first-order valence-corrected chi connectivity index (χ1v) is 10.1. The van der Waals surface area contributed by atoms with E-state index in [1.54, 1.807) is 23.3 Å². The van der Waals surface area contributed by atoms with Gasteiger partial charge in [0.25, 0.3) is 5.91 Å². The van der Waals surface area contributed by atoms with Gasteiger partial charge in [-0.3, -0.25) is 9.78 Å². The van der Waals surface area contributed by atoms with Crippen LogP contribution in [-0.2, 0) is 6.42 Å². The lowest BCUT2D eigenvalue weighted by Gasteiger charge is -2.14. The largest absolute Gasteiger partial charge is 0.345 e. The van der Waals surface area contributed by atoms with Crippen LogP contribution in [0.5, 0.6) is 0 Å². The van der Waals surface area contributed by atoms with Crippen LogP contribution in [0.1, 0.15) is 41.4 Å². The lowest BCUT2D eigenvalue weighted by molar-refractivity contribution is 0.0940. The van der Waals surface area contributed by atoms with Gasteiger partial charge in [-0.1, -0.05) is 49.4 Å². The Balaban J connectivity index is 1.71. The fourth-order valence-corrected chi connectivity index (χ4v) is 3.37. The SMILES string of the molecule is CCc1ccc(-c2nn(-c3ccccc3)cc2C(=O)NC(C)c2ccncc2)cc1. The number of benzene rings is 2. The van der Waals surface area contributed by atoms with E-state index >= 15 is 0 Å². The molecule has 0 saturated carbocycles. The molecule has 1 N–H and O–H groups in total. The van der Waals surface area contributed by atoms with E-state index in [-0.39, 0.29) is 11.9 Å². The van der Waals surface area contributed by atoms with Gasteiger partial charge in [0.2, 0.25) is 0 Å². The smallest absolute Gasteiger partial charge is 0.255 e. The Hall–Kier alpha value is -3.73. The van der Waals surface area contributed by atoms with Crippen LogP contribution in [-0.4, -0.2) is 20.7 Å². The summed E-state index contributed by atoms with van der Waals surface area (Å²) in [5, 5.41) is 7.84. The van der Waals surface area contributed by atoms with Gasteiger partial charge in [0.05, 0.1) is 17.3 Å². The number of aryl methyl sites for hydroxylation is 1. The summed E-state index contributed by atoms with van der Waals surface area (Å²) >= 11 is 0. The number of para-hydroxylation sites is 1. The predicted octanol–water partition coefficient (Wildman–Crippen LogP) is 4.99. The number of aromatic nitrogens is 3. The fraction of sp³-hybridized carbons (Fsp3) is 0.160. The third-order valence-electron chi connectivity index (χ3n) is 5.17. The van der Waals surface area contributed by atoms with Crippen molar-refractivity contribution in [2.45, 2.75) is 26.3 Å². The average molecular weight is 396 g/mol. The minimum absolute atomic E-state index is 0.143. The van der Waals surface area contributed by atoms with Gasteiger partial charge in [0.15, 0.2) is 0 Å². The number of rotatable bonds is 6. The highest BCUT2D eigenvalue weighted by Gasteiger charge is 2.20. The Bertz CT molecular complexity index is 1120. The Morgan fingerprint density at radius 2 is 1.70 bits per heavy atom. The molecule has 150 valence electrons. The van der Waals surface area contributed by atoms with Crippen molar-refractivity contribution in [1.29, 1.82) is 0 Å². The molecule has 2 aromatic heterocycles. The van der Waals surface area contributed by atoms with Gasteiger partial charge in [-0.2, -0.15) is 5.10 Å². The molecule has 4 aromatic rings. The van der Waals surface area contributed by atoms with Gasteiger partial charge >= 0.3 is 0 Å². The predicted molar refractivity (Wildman–Crippen MR) is 118 cm³/mol. The van der Waals surface area contributed by atoms with Crippen molar-refractivity contribution >= 4 is 5.91 Å². The van der Waals surface area contributed by atoms with E-state index in [1.165, 1.54) is 5.56 Å². The molecule has 0 saturated heterocycles. The molecule has 5 heteroatoms. The second-order valence-electron chi connectivity index (χ2n) is 7.20. The topological polar surface area (TPSA) is 59.8 Å². The molecule has 0 aliphatic rings. The van der Waals surface area contributed by atoms with Gasteiger partial charge in [-0.25, -0.2) is 4.68 Å². The maximum atomic E-state index is 13.2. The molecule has 4 rings (SSSR count). The standard InChI is InChI=1S/C25H24N4O/c1-3-19-9-11-21(12-10-19)24-23(17-29(28-24)22-7-5-4-6-8-22)25(30)27-18(2)20-13-15-26-16-14-20/h4-18H,3H2,1-2H3,(H,27,30). The molecular formula is C25H24N4O. The minimum Gasteiger partial charge on any atom is -0.345 e. The van der Waals surface area contributed by atoms with Crippen LogP contribution in [0.3, 0.4) is 0 Å². The van der Waals surface area contributed by atoms with E-state index in [0.29, 0.717) is 11.3 Å². The molecule has 0 radical (unpaired) electrons. The Labute approximate surface area is 176 Å². The second kappa shape index (κ2) is 8.74. The van der Waals surface area contributed by atoms with E-state index in [1.807, 2.05) is 61.5 Å². The van der Waals surface area contributed by atoms with Gasteiger partial charge in [-0.05, 0) is 48.7 Å². The van der Waals surface area contributed by atoms with Gasteiger partial charge in [-0.15, -0.1) is 0 Å². The number of carbonyl (C=O) groups excluding carboxylic acids is 1. The monoisotopic (exact) mass is 396 g/mol. The molecule has 2 aromatic carbocycles. The highest BCUT2D eigenvalue weighted by molar-refractivity contribution is 6.00. The van der Waals surface area contributed by atoms with Crippen molar-refractivity contribution in [3.05, 3.63) is 102 Å². The van der Waals surface area contributed by atoms with Crippen LogP contribution in [0, 0.1) is 0 Å². The molecule has 5 nitrogen and oxygen atoms in total. The summed E-state index contributed by atoms with van der Waals surface area (Å²) in [6.45, 7) is 4.09. The van der Waals surface area contributed by atoms with Crippen molar-refractivity contribution in [3.63, 3.8) is 0 Å². The zero-order valence-corrected chi connectivity index (χ0v) is 17.1. The molecule has 1 atom stereocenters. The van der Waals surface area contributed by atoms with E-state index < -0.39 is 0 Å². The zero-order valence-electron chi connectivity index (χ0n) is 17.1. The number of amides is 1. The van der Waals surface area contributed by atoms with Gasteiger partial charge in [0, 0.05) is 24.2 Å². The van der Waals surface area contributed by atoms with Crippen LogP contribution in [0.15, 0.2) is 85.3 Å². The van der Waals surface area contributed by atoms with Crippen molar-refractivity contribution in [2.75, 3.05) is 0 Å². The summed E-state index contributed by atoms with van der Waals surface area (Å²) in [6.07, 6.45) is 6.22. The minimum atomic E-state index is -0.156. The number of carbonyl (C=O) groups is 1. The highest BCUT2D eigenvalue weighted by Crippen LogP contribution is 2.25. The van der Waals surface area contributed by atoms with Crippen LogP contribution in [0.4, 0.5) is 0 Å². The molecule has 0 fully saturated rings.